The van der Waals surface area contributed by atoms with Gasteiger partial charge >= 0.3 is 0 Å². The van der Waals surface area contributed by atoms with Gasteiger partial charge in [-0.1, -0.05) is 30.1 Å². The highest BCUT2D eigenvalue weighted by molar-refractivity contribution is 5.76. The molecular weight excluding hydrogens is 430 g/mol. The van der Waals surface area contributed by atoms with E-state index < -0.39 is 0 Å². The maximum absolute atomic E-state index is 12.7. The summed E-state index contributed by atoms with van der Waals surface area (Å²) in [5.41, 5.74) is 2.01. The van der Waals surface area contributed by atoms with Crippen molar-refractivity contribution in [3.8, 4) is 17.1 Å². The molecule has 1 aliphatic heterocycles. The number of hydrogen-bond donors (Lipinski definition) is 0. The number of rotatable bonds is 7. The van der Waals surface area contributed by atoms with E-state index in [4.69, 9.17) is 9.26 Å². The van der Waals surface area contributed by atoms with Crippen LogP contribution in [0.1, 0.15) is 49.5 Å². The van der Waals surface area contributed by atoms with Crippen LogP contribution in [0, 0.1) is 0 Å². The zero-order valence-electron chi connectivity index (χ0n) is 19.7. The summed E-state index contributed by atoms with van der Waals surface area (Å²) in [6.45, 7) is 2.96. The quantitative estimate of drug-likeness (QED) is 0.524. The molecule has 2 fully saturated rings. The maximum Gasteiger partial charge on any atom is 0.230 e. The average molecular weight is 462 g/mol. The molecule has 2 aromatic heterocycles. The molecule has 1 amide bonds. The number of hydrogen-bond acceptors (Lipinski definition) is 7. The molecule has 5 rings (SSSR count). The first-order chi connectivity index (χ1) is 16.7. The van der Waals surface area contributed by atoms with Gasteiger partial charge < -0.3 is 19.1 Å². The molecule has 8 heteroatoms. The van der Waals surface area contributed by atoms with E-state index in [0.29, 0.717) is 31.3 Å². The van der Waals surface area contributed by atoms with E-state index in [0.717, 1.165) is 60.9 Å². The molecule has 3 heterocycles. The molecule has 1 saturated carbocycles. The van der Waals surface area contributed by atoms with Gasteiger partial charge in [-0.2, -0.15) is 4.98 Å². The minimum Gasteiger partial charge on any atom is -0.497 e. The van der Waals surface area contributed by atoms with Gasteiger partial charge in [0.05, 0.1) is 7.11 Å². The highest BCUT2D eigenvalue weighted by Gasteiger charge is 2.24. The van der Waals surface area contributed by atoms with E-state index in [1.165, 1.54) is 12.8 Å². The number of anilines is 1. The number of aromatic nitrogens is 3. The van der Waals surface area contributed by atoms with Crippen LogP contribution < -0.4 is 9.64 Å². The van der Waals surface area contributed by atoms with Gasteiger partial charge in [0.25, 0.3) is 0 Å². The van der Waals surface area contributed by atoms with Crippen LogP contribution in [0.4, 0.5) is 5.82 Å². The van der Waals surface area contributed by atoms with Gasteiger partial charge in [0, 0.05) is 50.3 Å². The maximum atomic E-state index is 12.7. The Hall–Kier alpha value is -3.42. The van der Waals surface area contributed by atoms with E-state index in [1.807, 2.05) is 47.5 Å². The SMILES string of the molecule is COc1ccc(CCC(=O)N2CCN(c3ccc(-c4noc(C5CCCC5)n4)cn3)CC2)cc1. The van der Waals surface area contributed by atoms with E-state index >= 15 is 0 Å². The predicted octanol–water partition coefficient (Wildman–Crippen LogP) is 4.08. The van der Waals surface area contributed by atoms with Crippen LogP contribution in [0.25, 0.3) is 11.4 Å². The van der Waals surface area contributed by atoms with E-state index in [9.17, 15) is 4.79 Å². The van der Waals surface area contributed by atoms with Gasteiger partial charge in [-0.3, -0.25) is 4.79 Å². The second-order valence-electron chi connectivity index (χ2n) is 9.06. The topological polar surface area (TPSA) is 84.6 Å². The Morgan fingerprint density at radius 1 is 1.06 bits per heavy atom. The standard InChI is InChI=1S/C26H31N5O3/c1-33-22-10-6-19(7-11-22)8-13-24(32)31-16-14-30(15-17-31)23-12-9-21(18-27-23)25-28-26(34-29-25)20-4-2-3-5-20/h6-7,9-12,18,20H,2-5,8,13-17H2,1H3. The first kappa shape index (κ1) is 22.4. The van der Waals surface area contributed by atoms with Crippen molar-refractivity contribution >= 4 is 11.7 Å². The summed E-state index contributed by atoms with van der Waals surface area (Å²) in [5, 5.41) is 4.16. The molecule has 1 aromatic carbocycles. The van der Waals surface area contributed by atoms with E-state index in [2.05, 4.69) is 20.0 Å². The normalized spacial score (nSPS) is 16.7. The Labute approximate surface area is 199 Å². The lowest BCUT2D eigenvalue weighted by Gasteiger charge is -2.35. The molecule has 1 saturated heterocycles. The van der Waals surface area contributed by atoms with Crippen LogP contribution in [-0.4, -0.2) is 59.2 Å². The first-order valence-electron chi connectivity index (χ1n) is 12.2. The lowest BCUT2D eigenvalue weighted by atomic mass is 10.1. The highest BCUT2D eigenvalue weighted by Crippen LogP contribution is 2.34. The number of benzene rings is 1. The van der Waals surface area contributed by atoms with Crippen molar-refractivity contribution in [2.45, 2.75) is 44.4 Å². The third-order valence-corrected chi connectivity index (χ3v) is 6.90. The fourth-order valence-electron chi connectivity index (χ4n) is 4.78. The Kier molecular flexibility index (Phi) is 6.74. The number of ether oxygens (including phenoxy) is 1. The molecule has 0 unspecified atom stereocenters. The van der Waals surface area contributed by atoms with Crippen LogP contribution in [-0.2, 0) is 11.2 Å². The average Bonchev–Trinajstić information content (AvgIpc) is 3.60. The van der Waals surface area contributed by atoms with Gasteiger partial charge in [-0.15, -0.1) is 0 Å². The zero-order valence-corrected chi connectivity index (χ0v) is 19.7. The lowest BCUT2D eigenvalue weighted by molar-refractivity contribution is -0.131. The van der Waals surface area contributed by atoms with Crippen molar-refractivity contribution in [3.05, 3.63) is 54.0 Å². The fourth-order valence-corrected chi connectivity index (χ4v) is 4.78. The number of aryl methyl sites for hydroxylation is 1. The molecule has 8 nitrogen and oxygen atoms in total. The van der Waals surface area contributed by atoms with E-state index in [-0.39, 0.29) is 5.91 Å². The number of pyridine rings is 1. The minimum atomic E-state index is 0.203. The fraction of sp³-hybridized carbons (Fsp3) is 0.462. The Morgan fingerprint density at radius 2 is 1.82 bits per heavy atom. The summed E-state index contributed by atoms with van der Waals surface area (Å²) in [6, 6.07) is 11.9. The molecule has 1 aliphatic carbocycles. The molecule has 0 spiro atoms. The minimum absolute atomic E-state index is 0.203. The van der Waals surface area contributed by atoms with Gasteiger partial charge in [0.1, 0.15) is 11.6 Å². The van der Waals surface area contributed by atoms with Gasteiger partial charge in [-0.05, 0) is 49.1 Å². The van der Waals surface area contributed by atoms with Crippen LogP contribution in [0.15, 0.2) is 47.1 Å². The molecule has 34 heavy (non-hydrogen) atoms. The van der Waals surface area contributed by atoms with E-state index in [1.54, 1.807) is 7.11 Å². The van der Waals surface area contributed by atoms with Crippen molar-refractivity contribution < 1.29 is 14.1 Å². The molecule has 0 radical (unpaired) electrons. The molecule has 0 atom stereocenters. The summed E-state index contributed by atoms with van der Waals surface area (Å²) in [7, 11) is 1.66. The lowest BCUT2D eigenvalue weighted by Crippen LogP contribution is -2.49. The van der Waals surface area contributed by atoms with Crippen LogP contribution in [0.5, 0.6) is 5.75 Å². The van der Waals surface area contributed by atoms with Gasteiger partial charge in [0.2, 0.25) is 17.6 Å². The third kappa shape index (κ3) is 5.05. The number of methoxy groups -OCH3 is 1. The number of amides is 1. The third-order valence-electron chi connectivity index (χ3n) is 6.90. The smallest absolute Gasteiger partial charge is 0.230 e. The monoisotopic (exact) mass is 461 g/mol. The number of piperazine rings is 1. The number of carbonyl (C=O) groups excluding carboxylic acids is 1. The second-order valence-corrected chi connectivity index (χ2v) is 9.06. The second kappa shape index (κ2) is 10.2. The summed E-state index contributed by atoms with van der Waals surface area (Å²) < 4.78 is 10.7. The summed E-state index contributed by atoms with van der Waals surface area (Å²) >= 11 is 0. The van der Waals surface area contributed by atoms with Crippen LogP contribution >= 0.6 is 0 Å². The van der Waals surface area contributed by atoms with Crippen molar-refractivity contribution in [1.29, 1.82) is 0 Å². The molecular formula is C26H31N5O3. The summed E-state index contributed by atoms with van der Waals surface area (Å²) in [6.07, 6.45) is 7.81. The van der Waals surface area contributed by atoms with Gasteiger partial charge in [-0.25, -0.2) is 4.98 Å². The molecule has 2 aliphatic rings. The molecule has 3 aromatic rings. The zero-order chi connectivity index (χ0) is 23.3. The molecule has 0 bridgehead atoms. The number of carbonyl (C=O) groups is 1. The summed E-state index contributed by atoms with van der Waals surface area (Å²) in [5.74, 6) is 3.71. The number of nitrogens with zero attached hydrogens (tertiary/aromatic N) is 5. The van der Waals surface area contributed by atoms with Crippen LogP contribution in [0.2, 0.25) is 0 Å². The Bertz CT molecular complexity index is 1080. The van der Waals surface area contributed by atoms with Crippen molar-refractivity contribution in [2.75, 3.05) is 38.2 Å². The predicted molar refractivity (Wildman–Crippen MR) is 129 cm³/mol. The van der Waals surface area contributed by atoms with Crippen molar-refractivity contribution in [1.82, 2.24) is 20.0 Å². The largest absolute Gasteiger partial charge is 0.497 e. The first-order valence-corrected chi connectivity index (χ1v) is 12.2. The van der Waals surface area contributed by atoms with Crippen molar-refractivity contribution in [2.24, 2.45) is 0 Å². The van der Waals surface area contributed by atoms with Crippen LogP contribution in [0.3, 0.4) is 0 Å². The Balaban J connectivity index is 1.11. The summed E-state index contributed by atoms with van der Waals surface area (Å²) in [4.78, 5) is 26.1. The van der Waals surface area contributed by atoms with Gasteiger partial charge in [0.15, 0.2) is 0 Å². The molecule has 178 valence electrons. The highest BCUT2D eigenvalue weighted by atomic mass is 16.5. The van der Waals surface area contributed by atoms with Crippen molar-refractivity contribution in [3.63, 3.8) is 0 Å². The Morgan fingerprint density at radius 3 is 2.50 bits per heavy atom. The molecule has 0 N–H and O–H groups in total.